The highest BCUT2D eigenvalue weighted by Crippen LogP contribution is 2.18. The van der Waals surface area contributed by atoms with Crippen LogP contribution in [0.5, 0.6) is 5.75 Å². The van der Waals surface area contributed by atoms with E-state index in [1.807, 2.05) is 18.2 Å². The molecule has 0 unspecified atom stereocenters. The van der Waals surface area contributed by atoms with Crippen molar-refractivity contribution in [1.82, 2.24) is 9.97 Å². The molecular formula is C11H9BrN2O. The van der Waals surface area contributed by atoms with Crippen LogP contribution in [0.2, 0.25) is 0 Å². The molecule has 3 nitrogen and oxygen atoms in total. The number of hydrogen-bond donors (Lipinski definition) is 1. The maximum Gasteiger partial charge on any atom is 0.196 e. The summed E-state index contributed by atoms with van der Waals surface area (Å²) in [6.45, 7) is 0. The van der Waals surface area contributed by atoms with Gasteiger partial charge in [-0.3, -0.25) is 0 Å². The molecule has 15 heavy (non-hydrogen) atoms. The van der Waals surface area contributed by atoms with E-state index in [2.05, 4.69) is 25.9 Å². The Balaban J connectivity index is 2.26. The summed E-state index contributed by atoms with van der Waals surface area (Å²) in [5.74, 6) is 0.298. The van der Waals surface area contributed by atoms with Crippen LogP contribution < -0.4 is 0 Å². The fourth-order valence-corrected chi connectivity index (χ4v) is 1.67. The molecule has 4 heteroatoms. The standard InChI is InChI=1S/C11H9BrN2O/c12-11-13-6-5-9(14-11)7-8-3-1-2-4-10(8)15/h1-6,15H,7H2. The van der Waals surface area contributed by atoms with Crippen LogP contribution in [-0.2, 0) is 6.42 Å². The molecule has 0 bridgehead atoms. The predicted octanol–water partition coefficient (Wildman–Crippen LogP) is 2.54. The normalized spacial score (nSPS) is 10.2. The van der Waals surface area contributed by atoms with Gasteiger partial charge in [0.1, 0.15) is 5.75 Å². The van der Waals surface area contributed by atoms with Gasteiger partial charge < -0.3 is 5.11 Å². The van der Waals surface area contributed by atoms with Gasteiger partial charge in [0.25, 0.3) is 0 Å². The first-order chi connectivity index (χ1) is 7.25. The zero-order valence-corrected chi connectivity index (χ0v) is 9.48. The molecule has 1 N–H and O–H groups in total. The number of aromatic hydroxyl groups is 1. The van der Waals surface area contributed by atoms with Gasteiger partial charge in [-0.15, -0.1) is 0 Å². The van der Waals surface area contributed by atoms with Crippen molar-refractivity contribution in [2.75, 3.05) is 0 Å². The summed E-state index contributed by atoms with van der Waals surface area (Å²) in [5, 5.41) is 9.59. The van der Waals surface area contributed by atoms with E-state index in [1.54, 1.807) is 18.3 Å². The minimum Gasteiger partial charge on any atom is -0.508 e. The van der Waals surface area contributed by atoms with E-state index >= 15 is 0 Å². The van der Waals surface area contributed by atoms with Crippen molar-refractivity contribution < 1.29 is 5.11 Å². The third-order valence-corrected chi connectivity index (χ3v) is 2.43. The van der Waals surface area contributed by atoms with Gasteiger partial charge in [-0.1, -0.05) is 18.2 Å². The minimum atomic E-state index is 0.298. The maximum atomic E-state index is 9.59. The number of phenols is 1. The molecule has 0 saturated carbocycles. The first-order valence-corrected chi connectivity index (χ1v) is 5.29. The van der Waals surface area contributed by atoms with Crippen molar-refractivity contribution >= 4 is 15.9 Å². The van der Waals surface area contributed by atoms with Crippen LogP contribution in [0.1, 0.15) is 11.3 Å². The number of aromatic nitrogens is 2. The maximum absolute atomic E-state index is 9.59. The zero-order chi connectivity index (χ0) is 10.7. The average Bonchev–Trinajstić information content (AvgIpc) is 2.22. The molecular weight excluding hydrogens is 256 g/mol. The Morgan fingerprint density at radius 1 is 1.20 bits per heavy atom. The van der Waals surface area contributed by atoms with Crippen LogP contribution >= 0.6 is 15.9 Å². The van der Waals surface area contributed by atoms with Crippen LogP contribution in [0, 0.1) is 0 Å². The van der Waals surface area contributed by atoms with Gasteiger partial charge in [0.05, 0.1) is 0 Å². The van der Waals surface area contributed by atoms with Gasteiger partial charge >= 0.3 is 0 Å². The molecule has 0 fully saturated rings. The first-order valence-electron chi connectivity index (χ1n) is 4.50. The van der Waals surface area contributed by atoms with Crippen LogP contribution in [0.15, 0.2) is 41.3 Å². The van der Waals surface area contributed by atoms with Crippen molar-refractivity contribution in [2.24, 2.45) is 0 Å². The third-order valence-electron chi connectivity index (χ3n) is 2.05. The molecule has 2 rings (SSSR count). The Morgan fingerprint density at radius 3 is 2.73 bits per heavy atom. The summed E-state index contributed by atoms with van der Waals surface area (Å²) >= 11 is 3.21. The third kappa shape index (κ3) is 2.53. The van der Waals surface area contributed by atoms with E-state index in [0.29, 0.717) is 16.9 Å². The van der Waals surface area contributed by atoms with E-state index in [0.717, 1.165) is 11.3 Å². The summed E-state index contributed by atoms with van der Waals surface area (Å²) in [7, 11) is 0. The van der Waals surface area contributed by atoms with Gasteiger partial charge in [0.2, 0.25) is 0 Å². The fourth-order valence-electron chi connectivity index (χ4n) is 1.32. The first kappa shape index (κ1) is 10.1. The van der Waals surface area contributed by atoms with Crippen molar-refractivity contribution in [1.29, 1.82) is 0 Å². The Bertz CT molecular complexity index is 474. The summed E-state index contributed by atoms with van der Waals surface area (Å²) in [4.78, 5) is 8.15. The van der Waals surface area contributed by atoms with Crippen LogP contribution in [-0.4, -0.2) is 15.1 Å². The second-order valence-corrected chi connectivity index (χ2v) is 3.83. The van der Waals surface area contributed by atoms with Gasteiger partial charge in [-0.25, -0.2) is 9.97 Å². The summed E-state index contributed by atoms with van der Waals surface area (Å²) in [6, 6.07) is 9.08. The molecule has 0 aliphatic heterocycles. The molecule has 1 aromatic carbocycles. The molecule has 0 saturated heterocycles. The lowest BCUT2D eigenvalue weighted by molar-refractivity contribution is 0.469. The highest BCUT2D eigenvalue weighted by molar-refractivity contribution is 9.10. The van der Waals surface area contributed by atoms with E-state index in [-0.39, 0.29) is 0 Å². The number of halogens is 1. The van der Waals surface area contributed by atoms with Gasteiger partial charge in [-0.05, 0) is 33.6 Å². The molecule has 0 radical (unpaired) electrons. The highest BCUT2D eigenvalue weighted by atomic mass is 79.9. The molecule has 1 aromatic heterocycles. The summed E-state index contributed by atoms with van der Waals surface area (Å²) < 4.78 is 0.565. The van der Waals surface area contributed by atoms with Gasteiger partial charge in [-0.2, -0.15) is 0 Å². The largest absolute Gasteiger partial charge is 0.508 e. The lowest BCUT2D eigenvalue weighted by Crippen LogP contribution is -1.94. The Hall–Kier alpha value is -1.42. The van der Waals surface area contributed by atoms with Gasteiger partial charge in [0.15, 0.2) is 4.73 Å². The van der Waals surface area contributed by atoms with Crippen molar-refractivity contribution in [2.45, 2.75) is 6.42 Å². The summed E-state index contributed by atoms with van der Waals surface area (Å²) in [5.41, 5.74) is 1.74. The number of benzene rings is 1. The molecule has 0 aliphatic rings. The van der Waals surface area contributed by atoms with Crippen molar-refractivity contribution in [3.8, 4) is 5.75 Å². The number of nitrogens with zero attached hydrogens (tertiary/aromatic N) is 2. The molecule has 1 heterocycles. The SMILES string of the molecule is Oc1ccccc1Cc1ccnc(Br)n1. The van der Waals surface area contributed by atoms with E-state index in [9.17, 15) is 5.11 Å². The zero-order valence-electron chi connectivity index (χ0n) is 7.89. The predicted molar refractivity (Wildman–Crippen MR) is 60.6 cm³/mol. The summed E-state index contributed by atoms with van der Waals surface area (Å²) in [6.07, 6.45) is 2.29. The van der Waals surface area contributed by atoms with Crippen LogP contribution in [0.4, 0.5) is 0 Å². The number of phenolic OH excluding ortho intramolecular Hbond substituents is 1. The molecule has 0 amide bonds. The van der Waals surface area contributed by atoms with Crippen molar-refractivity contribution in [3.63, 3.8) is 0 Å². The lowest BCUT2D eigenvalue weighted by Gasteiger charge is -2.03. The fraction of sp³-hybridized carbons (Fsp3) is 0.0909. The minimum absolute atomic E-state index is 0.298. The second-order valence-electron chi connectivity index (χ2n) is 3.12. The van der Waals surface area contributed by atoms with Gasteiger partial charge in [0, 0.05) is 18.3 Å². The van der Waals surface area contributed by atoms with Crippen molar-refractivity contribution in [3.05, 3.63) is 52.5 Å². The average molecular weight is 265 g/mol. The van der Waals surface area contributed by atoms with Crippen LogP contribution in [0.25, 0.3) is 0 Å². The highest BCUT2D eigenvalue weighted by Gasteiger charge is 2.02. The molecule has 76 valence electrons. The Morgan fingerprint density at radius 2 is 2.00 bits per heavy atom. The molecule has 2 aromatic rings. The Labute approximate surface area is 96.0 Å². The number of para-hydroxylation sites is 1. The molecule has 0 spiro atoms. The smallest absolute Gasteiger partial charge is 0.196 e. The quantitative estimate of drug-likeness (QED) is 0.849. The monoisotopic (exact) mass is 264 g/mol. The van der Waals surface area contributed by atoms with E-state index < -0.39 is 0 Å². The number of rotatable bonds is 2. The van der Waals surface area contributed by atoms with E-state index in [4.69, 9.17) is 0 Å². The molecule has 0 atom stereocenters. The second kappa shape index (κ2) is 4.40. The topological polar surface area (TPSA) is 46.0 Å². The Kier molecular flexibility index (Phi) is 2.97. The lowest BCUT2D eigenvalue weighted by atomic mass is 10.1. The van der Waals surface area contributed by atoms with Crippen LogP contribution in [0.3, 0.4) is 0 Å². The number of hydrogen-bond acceptors (Lipinski definition) is 3. The van der Waals surface area contributed by atoms with E-state index in [1.165, 1.54) is 0 Å². The molecule has 0 aliphatic carbocycles.